The summed E-state index contributed by atoms with van der Waals surface area (Å²) < 4.78 is 0. The predicted molar refractivity (Wildman–Crippen MR) is 91.3 cm³/mol. The summed E-state index contributed by atoms with van der Waals surface area (Å²) in [5.41, 5.74) is 5.60. The van der Waals surface area contributed by atoms with E-state index in [1.54, 1.807) is 18.2 Å². The number of fused-ring (bicyclic) bond motifs is 1. The zero-order valence-corrected chi connectivity index (χ0v) is 13.0. The van der Waals surface area contributed by atoms with Crippen molar-refractivity contribution in [1.82, 2.24) is 4.98 Å². The van der Waals surface area contributed by atoms with Crippen molar-refractivity contribution >= 4 is 39.9 Å². The van der Waals surface area contributed by atoms with Crippen LogP contribution in [0.1, 0.15) is 20.8 Å². The van der Waals surface area contributed by atoms with Crippen LogP contribution in [0.5, 0.6) is 5.75 Å². The fraction of sp³-hybridized carbons (Fsp3) is 0. The number of hydrogen-bond acceptors (Lipinski definition) is 4. The van der Waals surface area contributed by atoms with E-state index >= 15 is 0 Å². The van der Waals surface area contributed by atoms with Gasteiger partial charge in [0.25, 0.3) is 5.91 Å². The molecule has 0 aliphatic carbocycles. The number of aromatic hydroxyl groups is 1. The van der Waals surface area contributed by atoms with E-state index in [4.69, 9.17) is 17.3 Å². The van der Waals surface area contributed by atoms with Crippen LogP contribution in [-0.4, -0.2) is 21.9 Å². The first-order valence-corrected chi connectivity index (χ1v) is 7.32. The average molecular weight is 342 g/mol. The molecule has 0 saturated carbocycles. The number of halogens is 1. The average Bonchev–Trinajstić information content (AvgIpc) is 2.57. The van der Waals surface area contributed by atoms with Crippen molar-refractivity contribution in [3.8, 4) is 5.75 Å². The Labute approximate surface area is 141 Å². The summed E-state index contributed by atoms with van der Waals surface area (Å²) in [7, 11) is 0. The lowest BCUT2D eigenvalue weighted by atomic mass is 10.1. The maximum absolute atomic E-state index is 12.4. The minimum atomic E-state index is -0.632. The lowest BCUT2D eigenvalue weighted by Crippen LogP contribution is -2.16. The number of nitrogens with two attached hydrogens (primary N) is 1. The van der Waals surface area contributed by atoms with Crippen molar-refractivity contribution < 1.29 is 14.7 Å². The number of carbonyl (C=O) groups excluding carboxylic acids is 2. The first kappa shape index (κ1) is 15.8. The maximum atomic E-state index is 12.4. The largest absolute Gasteiger partial charge is 0.506 e. The van der Waals surface area contributed by atoms with Crippen molar-refractivity contribution in [1.29, 1.82) is 0 Å². The van der Waals surface area contributed by atoms with E-state index in [2.05, 4.69) is 10.3 Å². The number of pyridine rings is 1. The van der Waals surface area contributed by atoms with Gasteiger partial charge in [-0.15, -0.1) is 0 Å². The number of amides is 2. The van der Waals surface area contributed by atoms with Gasteiger partial charge < -0.3 is 16.2 Å². The topological polar surface area (TPSA) is 105 Å². The molecule has 0 radical (unpaired) electrons. The van der Waals surface area contributed by atoms with Gasteiger partial charge >= 0.3 is 0 Å². The molecule has 0 fully saturated rings. The highest BCUT2D eigenvalue weighted by Crippen LogP contribution is 2.37. The second-order valence-electron chi connectivity index (χ2n) is 5.05. The Balaban J connectivity index is 1.99. The third kappa shape index (κ3) is 2.87. The molecule has 0 saturated heterocycles. The van der Waals surface area contributed by atoms with Crippen molar-refractivity contribution in [2.75, 3.05) is 5.32 Å². The van der Waals surface area contributed by atoms with Crippen LogP contribution in [0, 0.1) is 0 Å². The van der Waals surface area contributed by atoms with E-state index < -0.39 is 11.8 Å². The SMILES string of the molecule is NC(=O)c1ccc(C(=O)Nc2c(O)ccc3cccc(Cl)c23)nc1. The number of benzene rings is 2. The number of nitrogens with zero attached hydrogens (tertiary/aromatic N) is 1. The number of aromatic nitrogens is 1. The number of phenols is 1. The number of anilines is 1. The monoisotopic (exact) mass is 341 g/mol. The van der Waals surface area contributed by atoms with Crippen LogP contribution in [0.2, 0.25) is 5.02 Å². The molecule has 3 rings (SSSR count). The first-order chi connectivity index (χ1) is 11.5. The van der Waals surface area contributed by atoms with Gasteiger partial charge in [0.05, 0.1) is 16.3 Å². The van der Waals surface area contributed by atoms with Crippen molar-refractivity contribution in [3.05, 3.63) is 64.9 Å². The Morgan fingerprint density at radius 2 is 1.92 bits per heavy atom. The van der Waals surface area contributed by atoms with Gasteiger partial charge in [-0.1, -0.05) is 29.8 Å². The van der Waals surface area contributed by atoms with Gasteiger partial charge in [0.1, 0.15) is 11.4 Å². The molecule has 0 unspecified atom stereocenters. The molecule has 24 heavy (non-hydrogen) atoms. The summed E-state index contributed by atoms with van der Waals surface area (Å²) in [5.74, 6) is -1.29. The van der Waals surface area contributed by atoms with Crippen LogP contribution in [0.4, 0.5) is 5.69 Å². The summed E-state index contributed by atoms with van der Waals surface area (Å²) in [6, 6.07) is 11.2. The van der Waals surface area contributed by atoms with Gasteiger partial charge in [0.2, 0.25) is 5.91 Å². The molecule has 0 aliphatic heterocycles. The molecular formula is C17H12ClN3O3. The van der Waals surface area contributed by atoms with E-state index in [0.717, 1.165) is 5.39 Å². The van der Waals surface area contributed by atoms with Crippen molar-refractivity contribution in [3.63, 3.8) is 0 Å². The molecular weight excluding hydrogens is 330 g/mol. The van der Waals surface area contributed by atoms with Gasteiger partial charge in [-0.25, -0.2) is 0 Å². The van der Waals surface area contributed by atoms with E-state index in [9.17, 15) is 14.7 Å². The van der Waals surface area contributed by atoms with Crippen molar-refractivity contribution in [2.24, 2.45) is 5.73 Å². The van der Waals surface area contributed by atoms with Gasteiger partial charge in [-0.2, -0.15) is 0 Å². The van der Waals surface area contributed by atoms with Gasteiger partial charge in [0.15, 0.2) is 0 Å². The Bertz CT molecular complexity index is 955. The van der Waals surface area contributed by atoms with Crippen LogP contribution in [0.25, 0.3) is 10.8 Å². The third-order valence-corrected chi connectivity index (χ3v) is 3.81. The molecule has 0 atom stereocenters. The van der Waals surface area contributed by atoms with Crippen LogP contribution < -0.4 is 11.1 Å². The fourth-order valence-electron chi connectivity index (χ4n) is 2.30. The number of primary amides is 1. The standard InChI is InChI=1S/C17H12ClN3O3/c18-11-3-1-2-9-5-7-13(22)15(14(9)11)21-17(24)12-6-4-10(8-20-12)16(19)23/h1-8,22H,(H2,19,23)(H,21,24). The van der Waals surface area contributed by atoms with Crippen LogP contribution in [0.3, 0.4) is 0 Å². The van der Waals surface area contributed by atoms with Crippen LogP contribution in [0.15, 0.2) is 48.7 Å². The van der Waals surface area contributed by atoms with Gasteiger partial charge in [-0.3, -0.25) is 14.6 Å². The molecule has 3 aromatic rings. The van der Waals surface area contributed by atoms with E-state index in [1.165, 1.54) is 24.4 Å². The smallest absolute Gasteiger partial charge is 0.274 e. The lowest BCUT2D eigenvalue weighted by Gasteiger charge is -2.12. The molecule has 6 nitrogen and oxygen atoms in total. The summed E-state index contributed by atoms with van der Waals surface area (Å²) in [5, 5.41) is 14.4. The quantitative estimate of drug-likeness (QED) is 0.637. The Morgan fingerprint density at radius 1 is 1.12 bits per heavy atom. The van der Waals surface area contributed by atoms with E-state index in [-0.39, 0.29) is 22.7 Å². The maximum Gasteiger partial charge on any atom is 0.274 e. The Kier molecular flexibility index (Phi) is 4.05. The highest BCUT2D eigenvalue weighted by Gasteiger charge is 2.15. The molecule has 2 amide bonds. The second-order valence-corrected chi connectivity index (χ2v) is 5.46. The molecule has 7 heteroatoms. The molecule has 2 aromatic carbocycles. The Hall–Kier alpha value is -3.12. The summed E-state index contributed by atoms with van der Waals surface area (Å²) in [4.78, 5) is 27.3. The van der Waals surface area contributed by atoms with Crippen LogP contribution in [-0.2, 0) is 0 Å². The zero-order valence-electron chi connectivity index (χ0n) is 12.3. The minimum Gasteiger partial charge on any atom is -0.506 e. The number of nitrogens with one attached hydrogen (secondary N) is 1. The second kappa shape index (κ2) is 6.17. The molecule has 120 valence electrons. The Morgan fingerprint density at radius 3 is 2.58 bits per heavy atom. The van der Waals surface area contributed by atoms with Gasteiger partial charge in [-0.05, 0) is 29.7 Å². The highest BCUT2D eigenvalue weighted by molar-refractivity contribution is 6.37. The summed E-state index contributed by atoms with van der Waals surface area (Å²) in [6.07, 6.45) is 1.22. The molecule has 0 spiro atoms. The minimum absolute atomic E-state index is 0.0726. The van der Waals surface area contributed by atoms with Crippen LogP contribution >= 0.6 is 11.6 Å². The fourth-order valence-corrected chi connectivity index (χ4v) is 2.58. The summed E-state index contributed by atoms with van der Waals surface area (Å²) in [6.45, 7) is 0. The first-order valence-electron chi connectivity index (χ1n) is 6.95. The molecule has 0 bridgehead atoms. The number of phenolic OH excluding ortho intramolecular Hbond substituents is 1. The van der Waals surface area contributed by atoms with Gasteiger partial charge in [0, 0.05) is 11.6 Å². The highest BCUT2D eigenvalue weighted by atomic mass is 35.5. The zero-order chi connectivity index (χ0) is 17.3. The van der Waals surface area contributed by atoms with E-state index in [0.29, 0.717) is 10.4 Å². The predicted octanol–water partition coefficient (Wildman–Crippen LogP) is 2.95. The normalized spacial score (nSPS) is 10.5. The van der Waals surface area contributed by atoms with E-state index in [1.807, 2.05) is 6.07 Å². The molecule has 0 aliphatic rings. The number of hydrogen-bond donors (Lipinski definition) is 3. The third-order valence-electron chi connectivity index (χ3n) is 3.49. The number of carbonyl (C=O) groups is 2. The molecule has 4 N–H and O–H groups in total. The lowest BCUT2D eigenvalue weighted by molar-refractivity contribution is 0.0993. The van der Waals surface area contributed by atoms with Crippen molar-refractivity contribution in [2.45, 2.75) is 0 Å². The summed E-state index contributed by atoms with van der Waals surface area (Å²) >= 11 is 6.19. The molecule has 1 heterocycles. The molecule has 1 aromatic heterocycles. The number of rotatable bonds is 3.